The molecule has 27 heavy (non-hydrogen) atoms. The van der Waals surface area contributed by atoms with Crippen molar-refractivity contribution in [1.29, 1.82) is 0 Å². The number of aromatic nitrogens is 1. The van der Waals surface area contributed by atoms with Gasteiger partial charge in [-0.2, -0.15) is 0 Å². The zero-order chi connectivity index (χ0) is 19.4. The molecule has 0 saturated carbocycles. The van der Waals surface area contributed by atoms with E-state index in [-0.39, 0.29) is 24.5 Å². The molecule has 1 aromatic heterocycles. The van der Waals surface area contributed by atoms with Crippen LogP contribution in [0.25, 0.3) is 22.6 Å². The van der Waals surface area contributed by atoms with Gasteiger partial charge in [-0.1, -0.05) is 12.1 Å². The van der Waals surface area contributed by atoms with Crippen LogP contribution in [0, 0.1) is 0 Å². The molecule has 7 heteroatoms. The molecule has 3 aromatic rings. The van der Waals surface area contributed by atoms with E-state index in [0.717, 1.165) is 5.52 Å². The number of hydrogen-bond donors (Lipinski definition) is 2. The van der Waals surface area contributed by atoms with Crippen molar-refractivity contribution < 1.29 is 28.9 Å². The summed E-state index contributed by atoms with van der Waals surface area (Å²) in [5.74, 6) is -0.0559. The molecule has 1 heterocycles. The number of carbonyl (C=O) groups excluding carboxylic acids is 1. The standard InChI is InChI=1S/C20H21NO6/c1-3-25-19(24)11-15(22)12(2)26-18-9-8-13(10-16(18)23)20-21-14-6-4-5-7-17(14)27-20/h4-10,12,15,22-23H,3,11H2,1-2H3. The second kappa shape index (κ2) is 8.09. The first-order chi connectivity index (χ1) is 13.0. The topological polar surface area (TPSA) is 102 Å². The average Bonchev–Trinajstić information content (AvgIpc) is 3.07. The van der Waals surface area contributed by atoms with Crippen LogP contribution >= 0.6 is 0 Å². The smallest absolute Gasteiger partial charge is 0.308 e. The van der Waals surface area contributed by atoms with Crippen molar-refractivity contribution in [3.63, 3.8) is 0 Å². The van der Waals surface area contributed by atoms with E-state index in [2.05, 4.69) is 4.98 Å². The Kier molecular flexibility index (Phi) is 5.61. The molecule has 2 aromatic carbocycles. The number of phenolic OH excluding ortho intramolecular Hbond substituents is 1. The van der Waals surface area contributed by atoms with Gasteiger partial charge in [0.1, 0.15) is 17.7 Å². The lowest BCUT2D eigenvalue weighted by Gasteiger charge is -2.20. The molecule has 142 valence electrons. The fraction of sp³-hybridized carbons (Fsp3) is 0.300. The van der Waals surface area contributed by atoms with Crippen LogP contribution in [0.1, 0.15) is 20.3 Å². The zero-order valence-corrected chi connectivity index (χ0v) is 15.1. The fourth-order valence-corrected chi connectivity index (χ4v) is 2.58. The van der Waals surface area contributed by atoms with Gasteiger partial charge in [-0.3, -0.25) is 4.79 Å². The molecule has 2 N–H and O–H groups in total. The number of nitrogens with zero attached hydrogens (tertiary/aromatic N) is 1. The minimum Gasteiger partial charge on any atom is -0.504 e. The summed E-state index contributed by atoms with van der Waals surface area (Å²) in [4.78, 5) is 15.8. The highest BCUT2D eigenvalue weighted by Crippen LogP contribution is 2.33. The van der Waals surface area contributed by atoms with E-state index in [1.807, 2.05) is 24.3 Å². The van der Waals surface area contributed by atoms with Crippen LogP contribution in [-0.4, -0.2) is 40.0 Å². The molecule has 2 atom stereocenters. The third-order valence-corrected chi connectivity index (χ3v) is 4.04. The van der Waals surface area contributed by atoms with Gasteiger partial charge in [0, 0.05) is 5.56 Å². The highest BCUT2D eigenvalue weighted by molar-refractivity contribution is 5.76. The Morgan fingerprint density at radius 1 is 1.26 bits per heavy atom. The second-order valence-corrected chi connectivity index (χ2v) is 6.07. The number of aromatic hydroxyl groups is 1. The summed E-state index contributed by atoms with van der Waals surface area (Å²) in [6, 6.07) is 12.1. The normalized spacial score (nSPS) is 13.3. The first-order valence-electron chi connectivity index (χ1n) is 8.67. The number of ether oxygens (including phenoxy) is 2. The van der Waals surface area contributed by atoms with Gasteiger partial charge >= 0.3 is 5.97 Å². The zero-order valence-electron chi connectivity index (χ0n) is 15.1. The van der Waals surface area contributed by atoms with Crippen molar-refractivity contribution in [3.05, 3.63) is 42.5 Å². The van der Waals surface area contributed by atoms with E-state index in [1.54, 1.807) is 26.0 Å². The molecule has 0 amide bonds. The summed E-state index contributed by atoms with van der Waals surface area (Å²) >= 11 is 0. The lowest BCUT2D eigenvalue weighted by molar-refractivity contribution is -0.146. The van der Waals surface area contributed by atoms with Crippen molar-refractivity contribution in [1.82, 2.24) is 4.98 Å². The fourth-order valence-electron chi connectivity index (χ4n) is 2.58. The largest absolute Gasteiger partial charge is 0.504 e. The van der Waals surface area contributed by atoms with E-state index < -0.39 is 18.2 Å². The molecule has 0 spiro atoms. The van der Waals surface area contributed by atoms with Gasteiger partial charge in [0.15, 0.2) is 17.1 Å². The SMILES string of the molecule is CCOC(=O)CC(O)C(C)Oc1ccc(-c2nc3ccccc3o2)cc1O. The number of hydrogen-bond acceptors (Lipinski definition) is 7. The molecule has 2 unspecified atom stereocenters. The van der Waals surface area contributed by atoms with E-state index in [0.29, 0.717) is 17.0 Å². The Morgan fingerprint density at radius 2 is 2.04 bits per heavy atom. The molecule has 0 fully saturated rings. The lowest BCUT2D eigenvalue weighted by Crippen LogP contribution is -2.31. The van der Waals surface area contributed by atoms with E-state index in [9.17, 15) is 15.0 Å². The summed E-state index contributed by atoms with van der Waals surface area (Å²) < 4.78 is 16.1. The van der Waals surface area contributed by atoms with Crippen LogP contribution in [0.4, 0.5) is 0 Å². The summed E-state index contributed by atoms with van der Waals surface area (Å²) in [7, 11) is 0. The number of oxazole rings is 1. The molecular formula is C20H21NO6. The molecule has 0 bridgehead atoms. The summed E-state index contributed by atoms with van der Waals surface area (Å²) in [6.45, 7) is 3.55. The third kappa shape index (κ3) is 4.38. The number of aliphatic hydroxyl groups excluding tert-OH is 1. The molecule has 3 rings (SSSR count). The van der Waals surface area contributed by atoms with Crippen LogP contribution in [0.15, 0.2) is 46.9 Å². The molecule has 0 aliphatic carbocycles. The number of phenols is 1. The van der Waals surface area contributed by atoms with Crippen molar-refractivity contribution in [2.45, 2.75) is 32.5 Å². The van der Waals surface area contributed by atoms with Crippen LogP contribution in [0.2, 0.25) is 0 Å². The Morgan fingerprint density at radius 3 is 2.74 bits per heavy atom. The number of carbonyl (C=O) groups is 1. The Balaban J connectivity index is 1.71. The van der Waals surface area contributed by atoms with Gasteiger partial charge in [-0.25, -0.2) is 4.98 Å². The maximum absolute atomic E-state index is 11.4. The maximum atomic E-state index is 11.4. The predicted molar refractivity (Wildman–Crippen MR) is 98.5 cm³/mol. The summed E-state index contributed by atoms with van der Waals surface area (Å²) in [6.07, 6.45) is -1.95. The highest BCUT2D eigenvalue weighted by Gasteiger charge is 2.21. The van der Waals surface area contributed by atoms with E-state index in [4.69, 9.17) is 13.9 Å². The minimum atomic E-state index is -1.06. The van der Waals surface area contributed by atoms with Crippen molar-refractivity contribution in [3.8, 4) is 23.0 Å². The monoisotopic (exact) mass is 371 g/mol. The first-order valence-corrected chi connectivity index (χ1v) is 8.67. The van der Waals surface area contributed by atoms with Gasteiger partial charge in [0.05, 0.1) is 13.0 Å². The number of aliphatic hydroxyl groups is 1. The lowest BCUT2D eigenvalue weighted by atomic mass is 10.1. The van der Waals surface area contributed by atoms with Crippen LogP contribution in [0.3, 0.4) is 0 Å². The molecule has 0 radical (unpaired) electrons. The van der Waals surface area contributed by atoms with Crippen molar-refractivity contribution in [2.75, 3.05) is 6.61 Å². The molecule has 0 aliphatic heterocycles. The number of para-hydroxylation sites is 2. The number of esters is 1. The van der Waals surface area contributed by atoms with Gasteiger partial charge in [-0.15, -0.1) is 0 Å². The first kappa shape index (κ1) is 18.7. The van der Waals surface area contributed by atoms with Gasteiger partial charge in [0.25, 0.3) is 0 Å². The highest BCUT2D eigenvalue weighted by atomic mass is 16.5. The van der Waals surface area contributed by atoms with Crippen LogP contribution in [-0.2, 0) is 9.53 Å². The molecular weight excluding hydrogens is 350 g/mol. The molecule has 0 saturated heterocycles. The quantitative estimate of drug-likeness (QED) is 0.615. The summed E-state index contributed by atoms with van der Waals surface area (Å²) in [5, 5.41) is 20.3. The van der Waals surface area contributed by atoms with Crippen LogP contribution < -0.4 is 4.74 Å². The Labute approximate surface area is 156 Å². The van der Waals surface area contributed by atoms with Crippen molar-refractivity contribution in [2.24, 2.45) is 0 Å². The number of rotatable bonds is 7. The number of benzene rings is 2. The molecule has 0 aliphatic rings. The van der Waals surface area contributed by atoms with E-state index >= 15 is 0 Å². The average molecular weight is 371 g/mol. The van der Waals surface area contributed by atoms with E-state index in [1.165, 1.54) is 6.07 Å². The summed E-state index contributed by atoms with van der Waals surface area (Å²) in [5.41, 5.74) is 1.97. The minimum absolute atomic E-state index is 0.120. The molecule has 7 nitrogen and oxygen atoms in total. The third-order valence-electron chi connectivity index (χ3n) is 4.04. The number of fused-ring (bicyclic) bond motifs is 1. The van der Waals surface area contributed by atoms with Gasteiger partial charge in [0.2, 0.25) is 5.89 Å². The van der Waals surface area contributed by atoms with Crippen molar-refractivity contribution >= 4 is 17.1 Å². The Bertz CT molecular complexity index is 902. The second-order valence-electron chi connectivity index (χ2n) is 6.07. The van der Waals surface area contributed by atoms with Gasteiger partial charge in [-0.05, 0) is 44.2 Å². The Hall–Kier alpha value is -3.06. The maximum Gasteiger partial charge on any atom is 0.308 e. The van der Waals surface area contributed by atoms with Gasteiger partial charge < -0.3 is 24.1 Å². The van der Waals surface area contributed by atoms with Crippen LogP contribution in [0.5, 0.6) is 11.5 Å². The predicted octanol–water partition coefficient (Wildman–Crippen LogP) is 3.28.